The molecule has 0 saturated heterocycles. The predicted octanol–water partition coefficient (Wildman–Crippen LogP) is 2.82. The van der Waals surface area contributed by atoms with Crippen molar-refractivity contribution in [1.29, 1.82) is 0 Å². The van der Waals surface area contributed by atoms with Crippen LogP contribution in [0.15, 0.2) is 54.0 Å². The number of methoxy groups -OCH3 is 1. The number of nitrogens with two attached hydrogens (primary N) is 2. The van der Waals surface area contributed by atoms with Gasteiger partial charge in [-0.15, -0.1) is 0 Å². The number of carbonyl (C=O) groups excluding carboxylic acids is 2. The Morgan fingerprint density at radius 3 is 2.44 bits per heavy atom. The van der Waals surface area contributed by atoms with E-state index in [0.29, 0.717) is 6.61 Å². The van der Waals surface area contributed by atoms with E-state index in [2.05, 4.69) is 20.1 Å². The summed E-state index contributed by atoms with van der Waals surface area (Å²) in [4.78, 5) is 39.8. The number of ether oxygens (including phenoxy) is 1. The van der Waals surface area contributed by atoms with Gasteiger partial charge in [0.25, 0.3) is 5.91 Å². The lowest BCUT2D eigenvalue weighted by Gasteiger charge is -2.41. The zero-order chi connectivity index (χ0) is 28.0. The molecule has 0 spiro atoms. The van der Waals surface area contributed by atoms with Crippen LogP contribution in [0.2, 0.25) is 0 Å². The fourth-order valence-electron chi connectivity index (χ4n) is 4.91. The van der Waals surface area contributed by atoms with Crippen LogP contribution < -0.4 is 11.5 Å². The fourth-order valence-corrected chi connectivity index (χ4v) is 4.91. The van der Waals surface area contributed by atoms with E-state index in [-0.39, 0.29) is 35.8 Å². The molecule has 1 aromatic carbocycles. The Balaban J connectivity index is 1.44. The Bertz CT molecular complexity index is 1310. The molecule has 4 N–H and O–H groups in total. The van der Waals surface area contributed by atoms with Crippen LogP contribution in [0.5, 0.6) is 0 Å². The third kappa shape index (κ3) is 6.14. The maximum Gasteiger partial charge on any atom is 0.281 e. The SMILES string of the molecule is CCC(CCOC)N(C)C(=O)Cn1cc(C(=O)N=C(N)C2(c3ccc(-c4cnc(N)nc4)cc3)CCC2)cn1. The van der Waals surface area contributed by atoms with Gasteiger partial charge in [-0.05, 0) is 36.8 Å². The normalized spacial score (nSPS) is 15.4. The van der Waals surface area contributed by atoms with Crippen LogP contribution in [-0.4, -0.2) is 69.1 Å². The Hall–Kier alpha value is -4.12. The first kappa shape index (κ1) is 27.9. The quantitative estimate of drug-likeness (QED) is 0.282. The van der Waals surface area contributed by atoms with Crippen molar-refractivity contribution < 1.29 is 14.3 Å². The maximum absolute atomic E-state index is 13.0. The second-order valence-electron chi connectivity index (χ2n) is 9.92. The van der Waals surface area contributed by atoms with Gasteiger partial charge in [-0.25, -0.2) is 9.97 Å². The van der Waals surface area contributed by atoms with Gasteiger partial charge in [0.1, 0.15) is 12.4 Å². The average Bonchev–Trinajstić information content (AvgIpc) is 3.38. The van der Waals surface area contributed by atoms with E-state index in [1.165, 1.54) is 17.1 Å². The third-order valence-electron chi connectivity index (χ3n) is 7.61. The van der Waals surface area contributed by atoms with Crippen molar-refractivity contribution in [1.82, 2.24) is 24.6 Å². The summed E-state index contributed by atoms with van der Waals surface area (Å²) >= 11 is 0. The minimum atomic E-state index is -0.488. The first-order valence-corrected chi connectivity index (χ1v) is 13.1. The molecular formula is C28H36N8O3. The van der Waals surface area contributed by atoms with Crippen molar-refractivity contribution in [2.45, 2.75) is 57.0 Å². The molecule has 2 aromatic heterocycles. The topological polar surface area (TPSA) is 155 Å². The van der Waals surface area contributed by atoms with E-state index in [9.17, 15) is 9.59 Å². The molecule has 11 nitrogen and oxygen atoms in total. The van der Waals surface area contributed by atoms with Gasteiger partial charge in [-0.3, -0.25) is 14.3 Å². The first-order chi connectivity index (χ1) is 18.8. The number of hydrogen-bond acceptors (Lipinski definition) is 7. The summed E-state index contributed by atoms with van der Waals surface area (Å²) in [6.07, 6.45) is 10.5. The second kappa shape index (κ2) is 12.2. The fraction of sp³-hybridized carbons (Fsp3) is 0.429. The number of amides is 2. The second-order valence-corrected chi connectivity index (χ2v) is 9.92. The third-order valence-corrected chi connectivity index (χ3v) is 7.61. The van der Waals surface area contributed by atoms with Gasteiger partial charge in [-0.2, -0.15) is 10.1 Å². The summed E-state index contributed by atoms with van der Waals surface area (Å²) in [5.41, 5.74) is 14.7. The number of rotatable bonds is 11. The Kier molecular flexibility index (Phi) is 8.70. The molecule has 2 heterocycles. The molecule has 2 amide bonds. The highest BCUT2D eigenvalue weighted by Crippen LogP contribution is 2.44. The largest absolute Gasteiger partial charge is 0.386 e. The van der Waals surface area contributed by atoms with Crippen molar-refractivity contribution in [3.05, 3.63) is 60.2 Å². The van der Waals surface area contributed by atoms with E-state index < -0.39 is 11.3 Å². The minimum absolute atomic E-state index is 0.0296. The van der Waals surface area contributed by atoms with Gasteiger partial charge in [-0.1, -0.05) is 37.6 Å². The Morgan fingerprint density at radius 2 is 1.85 bits per heavy atom. The molecule has 0 aliphatic heterocycles. The van der Waals surface area contributed by atoms with E-state index in [1.54, 1.807) is 31.5 Å². The van der Waals surface area contributed by atoms with E-state index in [4.69, 9.17) is 16.2 Å². The summed E-state index contributed by atoms with van der Waals surface area (Å²) in [6.45, 7) is 2.65. The molecule has 1 aliphatic carbocycles. The highest BCUT2D eigenvalue weighted by Gasteiger charge is 2.43. The molecule has 1 fully saturated rings. The minimum Gasteiger partial charge on any atom is -0.386 e. The Labute approximate surface area is 228 Å². The van der Waals surface area contributed by atoms with Crippen LogP contribution in [0.4, 0.5) is 5.95 Å². The van der Waals surface area contributed by atoms with Gasteiger partial charge >= 0.3 is 0 Å². The number of benzene rings is 1. The number of aromatic nitrogens is 4. The highest BCUT2D eigenvalue weighted by molar-refractivity contribution is 6.06. The van der Waals surface area contributed by atoms with Crippen molar-refractivity contribution in [3.8, 4) is 11.1 Å². The molecule has 1 unspecified atom stereocenters. The number of amidine groups is 1. The molecule has 1 aliphatic rings. The van der Waals surface area contributed by atoms with Crippen LogP contribution in [-0.2, 0) is 21.5 Å². The summed E-state index contributed by atoms with van der Waals surface area (Å²) < 4.78 is 6.61. The number of nitrogen functional groups attached to an aromatic ring is 1. The zero-order valence-electron chi connectivity index (χ0n) is 22.7. The number of likely N-dealkylation sites (N-methyl/N-ethyl adjacent to an activating group) is 1. The molecule has 3 aromatic rings. The summed E-state index contributed by atoms with van der Waals surface area (Å²) in [5.74, 6) is -0.0572. The molecule has 39 heavy (non-hydrogen) atoms. The zero-order valence-corrected chi connectivity index (χ0v) is 22.7. The highest BCUT2D eigenvalue weighted by atomic mass is 16.5. The van der Waals surface area contributed by atoms with E-state index >= 15 is 0 Å². The lowest BCUT2D eigenvalue weighted by atomic mass is 9.63. The number of nitrogens with zero attached hydrogens (tertiary/aromatic N) is 6. The lowest BCUT2D eigenvalue weighted by molar-refractivity contribution is -0.133. The van der Waals surface area contributed by atoms with Crippen molar-refractivity contribution in [2.24, 2.45) is 10.7 Å². The molecule has 11 heteroatoms. The standard InChI is InChI=1S/C28H36N8O3/c1-4-23(10-13-39-3)35(2)24(37)18-36-17-21(16-33-36)25(38)34-26(29)28(11-5-12-28)22-8-6-19(7-9-22)20-14-31-27(30)32-15-20/h6-9,14-17,23H,4-5,10-13,18H2,1-3H3,(H2,29,34,38)(H2,30,31,32). The Morgan fingerprint density at radius 1 is 1.15 bits per heavy atom. The summed E-state index contributed by atoms with van der Waals surface area (Å²) in [7, 11) is 3.42. The first-order valence-electron chi connectivity index (χ1n) is 13.1. The molecular weight excluding hydrogens is 496 g/mol. The maximum atomic E-state index is 13.0. The molecule has 1 atom stereocenters. The molecule has 0 radical (unpaired) electrons. The average molecular weight is 533 g/mol. The predicted molar refractivity (Wildman–Crippen MR) is 149 cm³/mol. The molecule has 1 saturated carbocycles. The van der Waals surface area contributed by atoms with Crippen LogP contribution in [0, 0.1) is 0 Å². The van der Waals surface area contributed by atoms with Crippen LogP contribution >= 0.6 is 0 Å². The van der Waals surface area contributed by atoms with Gasteiger partial charge < -0.3 is 21.1 Å². The van der Waals surface area contributed by atoms with Crippen molar-refractivity contribution >= 4 is 23.6 Å². The monoisotopic (exact) mass is 532 g/mol. The smallest absolute Gasteiger partial charge is 0.281 e. The van der Waals surface area contributed by atoms with E-state index in [0.717, 1.165) is 48.8 Å². The van der Waals surface area contributed by atoms with Gasteiger partial charge in [0, 0.05) is 51.0 Å². The molecule has 206 valence electrons. The van der Waals surface area contributed by atoms with Gasteiger partial charge in [0.05, 0.1) is 17.2 Å². The summed E-state index contributed by atoms with van der Waals surface area (Å²) in [5, 5.41) is 4.21. The molecule has 0 bridgehead atoms. The molecule has 4 rings (SSSR count). The van der Waals surface area contributed by atoms with Gasteiger partial charge in [0.2, 0.25) is 11.9 Å². The van der Waals surface area contributed by atoms with E-state index in [1.807, 2.05) is 31.2 Å². The van der Waals surface area contributed by atoms with Crippen molar-refractivity contribution in [3.63, 3.8) is 0 Å². The van der Waals surface area contributed by atoms with Crippen LogP contribution in [0.3, 0.4) is 0 Å². The van der Waals surface area contributed by atoms with Crippen LogP contribution in [0.1, 0.15) is 54.9 Å². The number of hydrogen-bond donors (Lipinski definition) is 2. The summed E-state index contributed by atoms with van der Waals surface area (Å²) in [6, 6.07) is 8.05. The lowest BCUT2D eigenvalue weighted by Crippen LogP contribution is -2.47. The number of carbonyl (C=O) groups is 2. The number of aliphatic imine (C=N–C) groups is 1. The van der Waals surface area contributed by atoms with Crippen LogP contribution in [0.25, 0.3) is 11.1 Å². The van der Waals surface area contributed by atoms with Gasteiger partial charge in [0.15, 0.2) is 0 Å². The van der Waals surface area contributed by atoms with Crippen molar-refractivity contribution in [2.75, 3.05) is 26.5 Å². The number of anilines is 1.